The van der Waals surface area contributed by atoms with Gasteiger partial charge >= 0.3 is 0 Å². The molecule has 1 aliphatic carbocycles. The smallest absolute Gasteiger partial charge is 0.0658 e. The Kier molecular flexibility index (Phi) is 2.77. The molecule has 1 fully saturated rings. The molecule has 1 nitrogen and oxygen atoms in total. The average molecular weight is 137 g/mol. The number of nitrogens with one attached hydrogen (secondary N) is 1. The van der Waals surface area contributed by atoms with Gasteiger partial charge in [-0.25, -0.2) is 0 Å². The topological polar surface area (TPSA) is 12.0 Å². The van der Waals surface area contributed by atoms with Gasteiger partial charge in [0.1, 0.15) is 0 Å². The van der Waals surface area contributed by atoms with Crippen molar-refractivity contribution in [3.8, 4) is 12.3 Å². The van der Waals surface area contributed by atoms with Gasteiger partial charge in [-0.1, -0.05) is 12.3 Å². The molecule has 0 radical (unpaired) electrons. The lowest BCUT2D eigenvalue weighted by Crippen LogP contribution is -2.32. The fourth-order valence-corrected chi connectivity index (χ4v) is 1.10. The van der Waals surface area contributed by atoms with E-state index in [0.717, 1.165) is 12.5 Å². The Morgan fingerprint density at radius 3 is 2.80 bits per heavy atom. The van der Waals surface area contributed by atoms with Crippen molar-refractivity contribution in [3.63, 3.8) is 0 Å². The summed E-state index contributed by atoms with van der Waals surface area (Å²) in [6.45, 7) is 3.14. The Balaban J connectivity index is 1.99. The van der Waals surface area contributed by atoms with Crippen molar-refractivity contribution in [1.29, 1.82) is 0 Å². The van der Waals surface area contributed by atoms with E-state index in [4.69, 9.17) is 6.42 Å². The Labute approximate surface area is 63.2 Å². The highest BCUT2D eigenvalue weighted by Gasteiger charge is 2.16. The quantitative estimate of drug-likeness (QED) is 0.580. The largest absolute Gasteiger partial charge is 0.304 e. The first-order chi connectivity index (χ1) is 4.83. The monoisotopic (exact) mass is 137 g/mol. The van der Waals surface area contributed by atoms with Gasteiger partial charge in [-0.2, -0.15) is 0 Å². The maximum atomic E-state index is 5.21. The Morgan fingerprint density at radius 1 is 1.70 bits per heavy atom. The van der Waals surface area contributed by atoms with Crippen LogP contribution in [0.3, 0.4) is 0 Å². The maximum absolute atomic E-state index is 5.21. The van der Waals surface area contributed by atoms with Gasteiger partial charge in [0.25, 0.3) is 0 Å². The van der Waals surface area contributed by atoms with Crippen LogP contribution in [0.4, 0.5) is 0 Å². The van der Waals surface area contributed by atoms with Crippen molar-refractivity contribution in [2.75, 3.05) is 6.54 Å². The first-order valence-electron chi connectivity index (χ1n) is 4.02. The summed E-state index contributed by atoms with van der Waals surface area (Å²) in [7, 11) is 0. The summed E-state index contributed by atoms with van der Waals surface area (Å²) in [6.07, 6.45) is 9.40. The Morgan fingerprint density at radius 2 is 2.40 bits per heavy atom. The van der Waals surface area contributed by atoms with Crippen molar-refractivity contribution >= 4 is 0 Å². The van der Waals surface area contributed by atoms with Gasteiger partial charge in [0, 0.05) is 0 Å². The minimum Gasteiger partial charge on any atom is -0.304 e. The maximum Gasteiger partial charge on any atom is 0.0658 e. The molecule has 0 spiro atoms. The van der Waals surface area contributed by atoms with Crippen LogP contribution in [-0.2, 0) is 0 Å². The van der Waals surface area contributed by atoms with Crippen molar-refractivity contribution in [1.82, 2.24) is 5.32 Å². The Bertz CT molecular complexity index is 130. The van der Waals surface area contributed by atoms with E-state index in [1.54, 1.807) is 0 Å². The van der Waals surface area contributed by atoms with E-state index >= 15 is 0 Å². The average Bonchev–Trinajstić information content (AvgIpc) is 1.84. The summed E-state index contributed by atoms with van der Waals surface area (Å²) in [5.41, 5.74) is 0. The predicted molar refractivity (Wildman–Crippen MR) is 43.6 cm³/mol. The van der Waals surface area contributed by atoms with Gasteiger partial charge in [0.15, 0.2) is 0 Å². The van der Waals surface area contributed by atoms with Crippen LogP contribution in [0.2, 0.25) is 0 Å². The van der Waals surface area contributed by atoms with Gasteiger partial charge in [0.05, 0.1) is 6.04 Å². The first-order valence-corrected chi connectivity index (χ1v) is 4.02. The standard InChI is InChI=1S/C9H15N/c1-3-8(2)10-7-9-5-4-6-9/h1,8-10H,4-7H2,2H3. The SMILES string of the molecule is C#CC(C)NCC1CCC1. The van der Waals surface area contributed by atoms with Gasteiger partial charge < -0.3 is 5.32 Å². The van der Waals surface area contributed by atoms with Crippen molar-refractivity contribution < 1.29 is 0 Å². The van der Waals surface area contributed by atoms with Crippen molar-refractivity contribution in [3.05, 3.63) is 0 Å². The lowest BCUT2D eigenvalue weighted by Gasteiger charge is -2.26. The molecule has 0 heterocycles. The summed E-state index contributed by atoms with van der Waals surface area (Å²) < 4.78 is 0. The molecule has 0 amide bonds. The van der Waals surface area contributed by atoms with E-state index in [1.165, 1.54) is 19.3 Å². The third kappa shape index (κ3) is 2.04. The zero-order chi connectivity index (χ0) is 7.40. The molecule has 1 N–H and O–H groups in total. The fraction of sp³-hybridized carbons (Fsp3) is 0.778. The lowest BCUT2D eigenvalue weighted by molar-refractivity contribution is 0.298. The number of hydrogen-bond donors (Lipinski definition) is 1. The number of terminal acetylenes is 1. The van der Waals surface area contributed by atoms with Crippen LogP contribution in [0.5, 0.6) is 0 Å². The second-order valence-electron chi connectivity index (χ2n) is 3.09. The van der Waals surface area contributed by atoms with Crippen LogP contribution in [0.1, 0.15) is 26.2 Å². The molecule has 0 aromatic heterocycles. The van der Waals surface area contributed by atoms with Crippen LogP contribution in [-0.4, -0.2) is 12.6 Å². The lowest BCUT2D eigenvalue weighted by atomic mass is 9.85. The third-order valence-electron chi connectivity index (χ3n) is 2.19. The fourth-order valence-electron chi connectivity index (χ4n) is 1.10. The molecule has 0 aromatic rings. The highest BCUT2D eigenvalue weighted by Crippen LogP contribution is 2.25. The molecule has 1 atom stereocenters. The van der Waals surface area contributed by atoms with E-state index in [9.17, 15) is 0 Å². The van der Waals surface area contributed by atoms with E-state index in [2.05, 4.69) is 11.2 Å². The summed E-state index contributed by atoms with van der Waals surface area (Å²) in [5.74, 6) is 3.57. The Hall–Kier alpha value is -0.480. The van der Waals surface area contributed by atoms with Crippen LogP contribution in [0.15, 0.2) is 0 Å². The molecule has 0 aromatic carbocycles. The van der Waals surface area contributed by atoms with Crippen LogP contribution in [0.25, 0.3) is 0 Å². The minimum absolute atomic E-state index is 0.251. The highest BCUT2D eigenvalue weighted by atomic mass is 14.9. The van der Waals surface area contributed by atoms with Crippen molar-refractivity contribution in [2.45, 2.75) is 32.2 Å². The molecule has 1 saturated carbocycles. The molecular formula is C9H15N. The zero-order valence-corrected chi connectivity index (χ0v) is 6.56. The molecular weight excluding hydrogens is 122 g/mol. The molecule has 1 aliphatic rings. The normalized spacial score (nSPS) is 21.2. The van der Waals surface area contributed by atoms with Gasteiger partial charge in [-0.15, -0.1) is 6.42 Å². The molecule has 1 unspecified atom stereocenters. The van der Waals surface area contributed by atoms with E-state index in [0.29, 0.717) is 0 Å². The minimum atomic E-state index is 0.251. The van der Waals surface area contributed by atoms with Crippen molar-refractivity contribution in [2.24, 2.45) is 5.92 Å². The van der Waals surface area contributed by atoms with Crippen LogP contribution in [0, 0.1) is 18.3 Å². The third-order valence-corrected chi connectivity index (χ3v) is 2.19. The molecule has 0 saturated heterocycles. The molecule has 56 valence electrons. The van der Waals surface area contributed by atoms with Gasteiger partial charge in [-0.05, 0) is 32.2 Å². The number of rotatable bonds is 3. The van der Waals surface area contributed by atoms with E-state index < -0.39 is 0 Å². The molecule has 1 rings (SSSR count). The number of hydrogen-bond acceptors (Lipinski definition) is 1. The first kappa shape index (κ1) is 7.63. The second kappa shape index (κ2) is 3.63. The summed E-state index contributed by atoms with van der Waals surface area (Å²) >= 11 is 0. The van der Waals surface area contributed by atoms with Gasteiger partial charge in [-0.3, -0.25) is 0 Å². The summed E-state index contributed by atoms with van der Waals surface area (Å²) in [6, 6.07) is 0.251. The molecule has 0 bridgehead atoms. The molecule has 0 aliphatic heterocycles. The second-order valence-corrected chi connectivity index (χ2v) is 3.09. The van der Waals surface area contributed by atoms with Crippen LogP contribution < -0.4 is 5.32 Å². The van der Waals surface area contributed by atoms with E-state index in [-0.39, 0.29) is 6.04 Å². The zero-order valence-electron chi connectivity index (χ0n) is 6.56. The predicted octanol–water partition coefficient (Wildman–Crippen LogP) is 1.40. The highest BCUT2D eigenvalue weighted by molar-refractivity contribution is 4.96. The van der Waals surface area contributed by atoms with E-state index in [1.807, 2.05) is 6.92 Å². The summed E-state index contributed by atoms with van der Waals surface area (Å²) in [5, 5.41) is 3.30. The van der Waals surface area contributed by atoms with Crippen LogP contribution >= 0.6 is 0 Å². The molecule has 1 heteroatoms. The van der Waals surface area contributed by atoms with Gasteiger partial charge in [0.2, 0.25) is 0 Å². The molecule has 10 heavy (non-hydrogen) atoms. The summed E-state index contributed by atoms with van der Waals surface area (Å²) in [4.78, 5) is 0.